The van der Waals surface area contributed by atoms with Gasteiger partial charge in [-0.05, 0) is 36.4 Å². The molecule has 152 valence electrons. The fourth-order valence-electron chi connectivity index (χ4n) is 3.46. The average Bonchev–Trinajstić information content (AvgIpc) is 3.38. The van der Waals surface area contributed by atoms with Crippen molar-refractivity contribution in [3.05, 3.63) is 47.8 Å². The molecule has 1 aromatic carbocycles. The Morgan fingerprint density at radius 2 is 2.00 bits per heavy atom. The summed E-state index contributed by atoms with van der Waals surface area (Å²) in [6.07, 6.45) is 4.03. The highest BCUT2D eigenvalue weighted by atomic mass is 16.2. The van der Waals surface area contributed by atoms with Crippen molar-refractivity contribution in [1.82, 2.24) is 30.3 Å². The number of piperidine rings is 1. The lowest BCUT2D eigenvalue weighted by Gasteiger charge is -2.22. The van der Waals surface area contributed by atoms with E-state index in [1.165, 1.54) is 5.56 Å². The van der Waals surface area contributed by atoms with Gasteiger partial charge in [0, 0.05) is 18.3 Å². The van der Waals surface area contributed by atoms with Crippen molar-refractivity contribution in [1.29, 1.82) is 0 Å². The van der Waals surface area contributed by atoms with E-state index in [4.69, 9.17) is 0 Å². The second-order valence-electron chi connectivity index (χ2n) is 8.47. The highest BCUT2D eigenvalue weighted by Gasteiger charge is 2.19. The molecule has 1 aliphatic heterocycles. The number of H-pyrrole nitrogens is 1. The number of aromatic amines is 1. The van der Waals surface area contributed by atoms with Crippen LogP contribution in [-0.4, -0.2) is 44.0 Å². The topological polar surface area (TPSA) is 101 Å². The van der Waals surface area contributed by atoms with Crippen LogP contribution in [0.2, 0.25) is 0 Å². The number of amides is 1. The second-order valence-corrected chi connectivity index (χ2v) is 8.47. The van der Waals surface area contributed by atoms with E-state index < -0.39 is 0 Å². The van der Waals surface area contributed by atoms with Gasteiger partial charge in [-0.1, -0.05) is 45.0 Å². The molecule has 1 fully saturated rings. The zero-order chi connectivity index (χ0) is 20.4. The molecule has 1 atom stereocenters. The fraction of sp³-hybridized carbons (Fsp3) is 0.429. The normalized spacial score (nSPS) is 17.3. The van der Waals surface area contributed by atoms with Gasteiger partial charge in [-0.2, -0.15) is 10.1 Å². The number of rotatable bonds is 4. The summed E-state index contributed by atoms with van der Waals surface area (Å²) in [7, 11) is 0. The van der Waals surface area contributed by atoms with Crippen molar-refractivity contribution < 1.29 is 4.79 Å². The molecule has 0 aliphatic carbocycles. The zero-order valence-electron chi connectivity index (χ0n) is 17.1. The maximum absolute atomic E-state index is 12.5. The first-order chi connectivity index (χ1) is 13.9. The highest BCUT2D eigenvalue weighted by molar-refractivity contribution is 6.01. The first-order valence-electron chi connectivity index (χ1n) is 10.0. The average molecular weight is 393 g/mol. The molecular formula is C21H27N7O. The van der Waals surface area contributed by atoms with Crippen molar-refractivity contribution in [2.45, 2.75) is 45.1 Å². The second kappa shape index (κ2) is 7.79. The van der Waals surface area contributed by atoms with Crippen molar-refractivity contribution in [2.75, 3.05) is 18.4 Å². The number of carbonyl (C=O) groups is 1. The number of nitrogens with zero attached hydrogens (tertiary/aromatic N) is 4. The molecule has 8 nitrogen and oxygen atoms in total. The van der Waals surface area contributed by atoms with Crippen molar-refractivity contribution >= 4 is 11.9 Å². The van der Waals surface area contributed by atoms with Gasteiger partial charge < -0.3 is 5.32 Å². The molecule has 0 saturated carbocycles. The summed E-state index contributed by atoms with van der Waals surface area (Å²) in [5.74, 6) is 0.527. The third-order valence-corrected chi connectivity index (χ3v) is 5.22. The molecule has 3 aromatic rings. The first-order valence-corrected chi connectivity index (χ1v) is 10.0. The van der Waals surface area contributed by atoms with Crippen molar-refractivity contribution in [2.24, 2.45) is 0 Å². The van der Waals surface area contributed by atoms with E-state index in [2.05, 4.69) is 63.8 Å². The van der Waals surface area contributed by atoms with Gasteiger partial charge in [-0.3, -0.25) is 19.9 Å². The minimum atomic E-state index is -0.318. The minimum absolute atomic E-state index is 0.0934. The van der Waals surface area contributed by atoms with E-state index in [0.717, 1.165) is 31.5 Å². The number of benzene rings is 1. The smallest absolute Gasteiger partial charge is 0.278 e. The Morgan fingerprint density at radius 1 is 1.21 bits per heavy atom. The summed E-state index contributed by atoms with van der Waals surface area (Å²) in [5, 5.41) is 17.5. The van der Waals surface area contributed by atoms with E-state index in [1.807, 2.05) is 23.0 Å². The molecule has 1 aliphatic rings. The molecule has 1 amide bonds. The summed E-state index contributed by atoms with van der Waals surface area (Å²) < 4.78 is 1.86. The summed E-state index contributed by atoms with van der Waals surface area (Å²) in [6, 6.07) is 10.2. The number of nitrogens with one attached hydrogen (secondary N) is 3. The van der Waals surface area contributed by atoms with E-state index in [1.54, 1.807) is 6.07 Å². The Labute approximate surface area is 170 Å². The fourth-order valence-corrected chi connectivity index (χ4v) is 3.46. The van der Waals surface area contributed by atoms with Crippen LogP contribution in [0.3, 0.4) is 0 Å². The lowest BCUT2D eigenvalue weighted by Crippen LogP contribution is -2.32. The summed E-state index contributed by atoms with van der Waals surface area (Å²) in [4.78, 5) is 16.9. The molecule has 1 unspecified atom stereocenters. The maximum Gasteiger partial charge on any atom is 0.278 e. The number of hydrogen-bond donors (Lipinski definition) is 3. The standard InChI is InChI=1S/C21H27N7O/c1-21(2,3)15-8-6-14(7-9-15)18-23-20(26-25-18)24-19(29)17-10-12-28(27-17)16-5-4-11-22-13-16/h6-10,12,16,22H,4-5,11,13H2,1-3H3,(H2,23,24,25,26,29). The molecule has 2 aromatic heterocycles. The van der Waals surface area contributed by atoms with Gasteiger partial charge in [0.15, 0.2) is 11.5 Å². The lowest BCUT2D eigenvalue weighted by atomic mass is 9.87. The molecule has 29 heavy (non-hydrogen) atoms. The van der Waals surface area contributed by atoms with Gasteiger partial charge in [0.25, 0.3) is 5.91 Å². The Balaban J connectivity index is 1.42. The predicted octanol–water partition coefficient (Wildman–Crippen LogP) is 3.14. The highest BCUT2D eigenvalue weighted by Crippen LogP contribution is 2.25. The zero-order valence-corrected chi connectivity index (χ0v) is 17.1. The van der Waals surface area contributed by atoms with Gasteiger partial charge in [0.1, 0.15) is 0 Å². The van der Waals surface area contributed by atoms with Crippen LogP contribution < -0.4 is 10.6 Å². The Bertz CT molecular complexity index is 975. The van der Waals surface area contributed by atoms with Crippen LogP contribution in [0.5, 0.6) is 0 Å². The van der Waals surface area contributed by atoms with Crippen LogP contribution in [0, 0.1) is 0 Å². The number of anilines is 1. The van der Waals surface area contributed by atoms with Gasteiger partial charge in [0.2, 0.25) is 5.95 Å². The van der Waals surface area contributed by atoms with Crippen LogP contribution in [0.4, 0.5) is 5.95 Å². The first kappa shape index (κ1) is 19.3. The Morgan fingerprint density at radius 3 is 2.69 bits per heavy atom. The Hall–Kier alpha value is -3.00. The van der Waals surface area contributed by atoms with E-state index >= 15 is 0 Å². The third-order valence-electron chi connectivity index (χ3n) is 5.22. The van der Waals surface area contributed by atoms with Crippen LogP contribution in [0.25, 0.3) is 11.4 Å². The number of carbonyl (C=O) groups excluding carboxylic acids is 1. The van der Waals surface area contributed by atoms with Gasteiger partial charge in [-0.15, -0.1) is 5.10 Å². The van der Waals surface area contributed by atoms with E-state index in [-0.39, 0.29) is 23.3 Å². The lowest BCUT2D eigenvalue weighted by molar-refractivity contribution is 0.102. The monoisotopic (exact) mass is 393 g/mol. The number of hydrogen-bond acceptors (Lipinski definition) is 5. The molecule has 0 bridgehead atoms. The maximum atomic E-state index is 12.5. The van der Waals surface area contributed by atoms with Gasteiger partial charge in [0.05, 0.1) is 6.04 Å². The predicted molar refractivity (Wildman–Crippen MR) is 112 cm³/mol. The minimum Gasteiger partial charge on any atom is -0.315 e. The largest absolute Gasteiger partial charge is 0.315 e. The molecule has 8 heteroatoms. The third kappa shape index (κ3) is 4.37. The number of aromatic nitrogens is 5. The molecule has 0 spiro atoms. The van der Waals surface area contributed by atoms with Gasteiger partial charge in [-0.25, -0.2) is 0 Å². The quantitative estimate of drug-likeness (QED) is 0.632. The summed E-state index contributed by atoms with van der Waals surface area (Å²) >= 11 is 0. The molecule has 0 radical (unpaired) electrons. The molecule has 3 N–H and O–H groups in total. The van der Waals surface area contributed by atoms with Crippen molar-refractivity contribution in [3.63, 3.8) is 0 Å². The molecule has 3 heterocycles. The van der Waals surface area contributed by atoms with Crippen LogP contribution >= 0.6 is 0 Å². The van der Waals surface area contributed by atoms with Gasteiger partial charge >= 0.3 is 0 Å². The molecular weight excluding hydrogens is 366 g/mol. The summed E-state index contributed by atoms with van der Waals surface area (Å²) in [6.45, 7) is 8.45. The van der Waals surface area contributed by atoms with Crippen LogP contribution in [-0.2, 0) is 5.41 Å². The summed E-state index contributed by atoms with van der Waals surface area (Å²) in [5.41, 5.74) is 2.62. The van der Waals surface area contributed by atoms with Crippen LogP contribution in [0.15, 0.2) is 36.5 Å². The Kier molecular flexibility index (Phi) is 5.19. The van der Waals surface area contributed by atoms with E-state index in [0.29, 0.717) is 11.5 Å². The molecule has 4 rings (SSSR count). The molecule has 1 saturated heterocycles. The SMILES string of the molecule is CC(C)(C)c1ccc(-c2nc(NC(=O)c3ccn(C4CCCNC4)n3)n[nH]2)cc1. The van der Waals surface area contributed by atoms with Crippen LogP contribution in [0.1, 0.15) is 55.7 Å². The van der Waals surface area contributed by atoms with Crippen molar-refractivity contribution in [3.8, 4) is 11.4 Å². The van der Waals surface area contributed by atoms with E-state index in [9.17, 15) is 4.79 Å².